The topological polar surface area (TPSA) is 82.2 Å². The maximum atomic E-state index is 11.6. The van der Waals surface area contributed by atoms with Crippen LogP contribution in [-0.2, 0) is 11.2 Å². The van der Waals surface area contributed by atoms with Crippen molar-refractivity contribution in [1.82, 2.24) is 10.3 Å². The minimum absolute atomic E-state index is 0.350. The van der Waals surface area contributed by atoms with Gasteiger partial charge >= 0.3 is 0 Å². The lowest BCUT2D eigenvalue weighted by atomic mass is 9.88. The summed E-state index contributed by atoms with van der Waals surface area (Å²) in [5.41, 5.74) is 1.90. The van der Waals surface area contributed by atoms with E-state index in [1.54, 1.807) is 6.08 Å². The molecule has 1 fully saturated rings. The Kier molecular flexibility index (Phi) is 3.86. The summed E-state index contributed by atoms with van der Waals surface area (Å²) in [4.78, 5) is 26.5. The largest absolute Gasteiger partial charge is 0.385 e. The van der Waals surface area contributed by atoms with Crippen LogP contribution in [0.5, 0.6) is 0 Å². The number of aromatic nitrogens is 1. The van der Waals surface area contributed by atoms with Gasteiger partial charge in [-0.2, -0.15) is 0 Å². The fraction of sp³-hybridized carbons (Fsp3) is 0.158. The van der Waals surface area contributed by atoms with Crippen molar-refractivity contribution < 1.29 is 14.7 Å². The SMILES string of the molecule is O=C1NC(=O)/C(=C\c2cc3cc(CC4(O)C=CC=CC4)ccc3[nH]2)S1. The third-order valence-corrected chi connectivity index (χ3v) is 5.08. The van der Waals surface area contributed by atoms with E-state index in [4.69, 9.17) is 0 Å². The van der Waals surface area contributed by atoms with Crippen LogP contribution in [-0.4, -0.2) is 26.8 Å². The van der Waals surface area contributed by atoms with Gasteiger partial charge in [-0.05, 0) is 48.0 Å². The lowest BCUT2D eigenvalue weighted by Crippen LogP contribution is -2.29. The molecule has 25 heavy (non-hydrogen) atoms. The lowest BCUT2D eigenvalue weighted by Gasteiger charge is -2.25. The first kappa shape index (κ1) is 15.9. The predicted octanol–water partition coefficient (Wildman–Crippen LogP) is 3.28. The van der Waals surface area contributed by atoms with Crippen molar-refractivity contribution in [2.45, 2.75) is 18.4 Å². The molecule has 1 aliphatic carbocycles. The molecule has 0 spiro atoms. The molecule has 2 aromatic rings. The minimum Gasteiger partial charge on any atom is -0.385 e. The number of hydrogen-bond acceptors (Lipinski definition) is 4. The number of fused-ring (bicyclic) bond motifs is 1. The zero-order valence-corrected chi connectivity index (χ0v) is 14.1. The summed E-state index contributed by atoms with van der Waals surface area (Å²) in [5.74, 6) is -0.367. The Morgan fingerprint density at radius 1 is 1.24 bits per heavy atom. The first-order chi connectivity index (χ1) is 12.0. The molecular formula is C19H16N2O3S. The number of hydrogen-bond donors (Lipinski definition) is 3. The van der Waals surface area contributed by atoms with Gasteiger partial charge < -0.3 is 10.1 Å². The van der Waals surface area contributed by atoms with Gasteiger partial charge in [0.1, 0.15) is 0 Å². The molecular weight excluding hydrogens is 336 g/mol. The molecule has 1 aromatic carbocycles. The number of carbonyl (C=O) groups excluding carboxylic acids is 2. The average Bonchev–Trinajstić information content (AvgIpc) is 3.09. The number of imide groups is 1. The Hall–Kier alpha value is -2.57. The third-order valence-electron chi connectivity index (χ3n) is 4.27. The Balaban J connectivity index is 1.60. The zero-order valence-electron chi connectivity index (χ0n) is 13.3. The summed E-state index contributed by atoms with van der Waals surface area (Å²) in [5, 5.41) is 13.5. The van der Waals surface area contributed by atoms with E-state index in [1.165, 1.54) is 0 Å². The highest BCUT2D eigenvalue weighted by molar-refractivity contribution is 8.18. The van der Waals surface area contributed by atoms with Gasteiger partial charge in [0.05, 0.1) is 10.5 Å². The molecule has 6 heteroatoms. The molecule has 2 amide bonds. The minimum atomic E-state index is -0.845. The van der Waals surface area contributed by atoms with Gasteiger partial charge in [-0.1, -0.05) is 30.4 Å². The Labute approximate surface area is 148 Å². The van der Waals surface area contributed by atoms with E-state index in [0.29, 0.717) is 17.7 Å². The van der Waals surface area contributed by atoms with Gasteiger partial charge in [-0.25, -0.2) is 0 Å². The molecule has 1 unspecified atom stereocenters. The number of nitrogens with one attached hydrogen (secondary N) is 2. The summed E-state index contributed by atoms with van der Waals surface area (Å²) in [6.07, 6.45) is 10.4. The molecule has 0 saturated carbocycles. The lowest BCUT2D eigenvalue weighted by molar-refractivity contribution is -0.115. The number of aromatic amines is 1. The summed E-state index contributed by atoms with van der Waals surface area (Å²) in [7, 11) is 0. The van der Waals surface area contributed by atoms with Crippen LogP contribution in [0.1, 0.15) is 17.7 Å². The van der Waals surface area contributed by atoms with Crippen molar-refractivity contribution in [3.63, 3.8) is 0 Å². The zero-order chi connectivity index (χ0) is 17.4. The normalized spacial score (nSPS) is 24.4. The van der Waals surface area contributed by atoms with Crippen LogP contribution in [0.2, 0.25) is 0 Å². The molecule has 126 valence electrons. The van der Waals surface area contributed by atoms with Crippen LogP contribution in [0.15, 0.2) is 53.5 Å². The van der Waals surface area contributed by atoms with Gasteiger partial charge in [0.15, 0.2) is 0 Å². The number of carbonyl (C=O) groups is 2. The molecule has 5 nitrogen and oxygen atoms in total. The summed E-state index contributed by atoms with van der Waals surface area (Å²) >= 11 is 0.899. The van der Waals surface area contributed by atoms with Crippen molar-refractivity contribution >= 4 is 39.9 Å². The van der Waals surface area contributed by atoms with E-state index >= 15 is 0 Å². The van der Waals surface area contributed by atoms with E-state index in [2.05, 4.69) is 10.3 Å². The smallest absolute Gasteiger partial charge is 0.290 e. The molecule has 3 N–H and O–H groups in total. The number of thioether (sulfide) groups is 1. The van der Waals surface area contributed by atoms with Crippen molar-refractivity contribution in [3.05, 3.63) is 64.7 Å². The summed E-state index contributed by atoms with van der Waals surface area (Å²) in [6.45, 7) is 0. The average molecular weight is 352 g/mol. The third kappa shape index (κ3) is 3.31. The standard InChI is InChI=1S/C19H16N2O3S/c22-17-16(25-18(23)21-17)10-14-9-13-8-12(4-5-15(13)20-14)11-19(24)6-2-1-3-7-19/h1-6,8-10,20,24H,7,11H2,(H,21,22,23)/b16-10+. The highest BCUT2D eigenvalue weighted by Gasteiger charge is 2.25. The molecule has 4 rings (SSSR count). The van der Waals surface area contributed by atoms with E-state index in [1.807, 2.05) is 48.6 Å². The fourth-order valence-electron chi connectivity index (χ4n) is 3.09. The second-order valence-electron chi connectivity index (χ2n) is 6.27. The van der Waals surface area contributed by atoms with Crippen molar-refractivity contribution in [1.29, 1.82) is 0 Å². The molecule has 1 aliphatic heterocycles. The second kappa shape index (κ2) is 6.06. The number of benzene rings is 1. The Bertz CT molecular complexity index is 970. The van der Waals surface area contributed by atoms with E-state index in [9.17, 15) is 14.7 Å². The van der Waals surface area contributed by atoms with Crippen LogP contribution in [0.4, 0.5) is 4.79 Å². The van der Waals surface area contributed by atoms with Gasteiger partial charge in [-0.15, -0.1) is 0 Å². The van der Waals surface area contributed by atoms with Crippen LogP contribution in [0.25, 0.3) is 17.0 Å². The van der Waals surface area contributed by atoms with Crippen molar-refractivity contribution in [2.75, 3.05) is 0 Å². The van der Waals surface area contributed by atoms with Crippen molar-refractivity contribution in [2.24, 2.45) is 0 Å². The first-order valence-corrected chi connectivity index (χ1v) is 8.76. The molecule has 1 saturated heterocycles. The maximum Gasteiger partial charge on any atom is 0.290 e. The van der Waals surface area contributed by atoms with E-state index in [-0.39, 0.29) is 11.1 Å². The second-order valence-corrected chi connectivity index (χ2v) is 7.29. The molecule has 0 bridgehead atoms. The molecule has 1 aromatic heterocycles. The Morgan fingerprint density at radius 3 is 2.84 bits per heavy atom. The number of allylic oxidation sites excluding steroid dienone is 2. The predicted molar refractivity (Wildman–Crippen MR) is 99.0 cm³/mol. The van der Waals surface area contributed by atoms with Gasteiger partial charge in [0.25, 0.3) is 11.1 Å². The van der Waals surface area contributed by atoms with Gasteiger partial charge in [-0.3, -0.25) is 14.9 Å². The van der Waals surface area contributed by atoms with Crippen LogP contribution >= 0.6 is 11.8 Å². The van der Waals surface area contributed by atoms with Crippen LogP contribution < -0.4 is 5.32 Å². The van der Waals surface area contributed by atoms with E-state index < -0.39 is 5.60 Å². The molecule has 2 heterocycles. The Morgan fingerprint density at radius 2 is 2.12 bits per heavy atom. The maximum absolute atomic E-state index is 11.6. The number of rotatable bonds is 3. The van der Waals surface area contributed by atoms with Crippen LogP contribution in [0.3, 0.4) is 0 Å². The first-order valence-electron chi connectivity index (χ1n) is 7.94. The van der Waals surface area contributed by atoms with Crippen molar-refractivity contribution in [3.8, 4) is 0 Å². The summed E-state index contributed by atoms with van der Waals surface area (Å²) < 4.78 is 0. The molecule has 1 atom stereocenters. The number of H-pyrrole nitrogens is 1. The van der Waals surface area contributed by atoms with E-state index in [0.717, 1.165) is 33.9 Å². The number of aliphatic hydroxyl groups is 1. The summed E-state index contributed by atoms with van der Waals surface area (Å²) in [6, 6.07) is 7.92. The quantitative estimate of drug-likeness (QED) is 0.741. The van der Waals surface area contributed by atoms with Crippen LogP contribution in [0, 0.1) is 0 Å². The fourth-order valence-corrected chi connectivity index (χ4v) is 3.77. The number of amides is 2. The highest BCUT2D eigenvalue weighted by Crippen LogP contribution is 2.28. The van der Waals surface area contributed by atoms with Gasteiger partial charge in [0.2, 0.25) is 0 Å². The molecule has 0 radical (unpaired) electrons. The monoisotopic (exact) mass is 352 g/mol. The highest BCUT2D eigenvalue weighted by atomic mass is 32.2. The molecule has 2 aliphatic rings. The van der Waals surface area contributed by atoms with Gasteiger partial charge in [0, 0.05) is 23.0 Å².